The van der Waals surface area contributed by atoms with Crippen molar-refractivity contribution in [2.45, 2.75) is 18.9 Å². The zero-order valence-electron chi connectivity index (χ0n) is 7.05. The van der Waals surface area contributed by atoms with Crippen LogP contribution < -0.4 is 0 Å². The Kier molecular flexibility index (Phi) is 4.41. The molecule has 2 nitrogen and oxygen atoms in total. The fourth-order valence-electron chi connectivity index (χ4n) is 1.36. The predicted octanol–water partition coefficient (Wildman–Crippen LogP) is 1.49. The summed E-state index contributed by atoms with van der Waals surface area (Å²) in [6.07, 6.45) is 2.91. The number of alkyl halides is 1. The lowest BCUT2D eigenvalue weighted by molar-refractivity contribution is 0.0214. The van der Waals surface area contributed by atoms with Crippen molar-refractivity contribution in [1.82, 2.24) is 4.90 Å². The van der Waals surface area contributed by atoms with Gasteiger partial charge in [-0.2, -0.15) is 0 Å². The van der Waals surface area contributed by atoms with E-state index in [2.05, 4.69) is 27.9 Å². The predicted molar refractivity (Wildman–Crippen MR) is 50.3 cm³/mol. The van der Waals surface area contributed by atoms with Gasteiger partial charge in [0.15, 0.2) is 0 Å². The van der Waals surface area contributed by atoms with Gasteiger partial charge in [0.2, 0.25) is 0 Å². The Morgan fingerprint density at radius 2 is 2.09 bits per heavy atom. The van der Waals surface area contributed by atoms with E-state index in [9.17, 15) is 0 Å². The maximum Gasteiger partial charge on any atom is 0.0599 e. The fourth-order valence-corrected chi connectivity index (χ4v) is 1.55. The molecule has 0 radical (unpaired) electrons. The Labute approximate surface area is 77.0 Å². The summed E-state index contributed by atoms with van der Waals surface area (Å²) in [5.74, 6) is 0. The Balaban J connectivity index is 2.07. The number of halogens is 1. The van der Waals surface area contributed by atoms with Crippen LogP contribution in [0.4, 0.5) is 0 Å². The first-order valence-corrected chi connectivity index (χ1v) is 5.31. The van der Waals surface area contributed by atoms with E-state index >= 15 is 0 Å². The van der Waals surface area contributed by atoms with Gasteiger partial charge in [-0.05, 0) is 19.9 Å². The first-order chi connectivity index (χ1) is 5.33. The van der Waals surface area contributed by atoms with Crippen LogP contribution in [0.2, 0.25) is 0 Å². The van der Waals surface area contributed by atoms with Crippen LogP contribution in [-0.4, -0.2) is 43.1 Å². The number of ether oxygens (including phenoxy) is 1. The van der Waals surface area contributed by atoms with Crippen LogP contribution >= 0.6 is 15.9 Å². The highest BCUT2D eigenvalue weighted by molar-refractivity contribution is 9.09. The number of piperidine rings is 1. The Bertz CT molecular complexity index is 99.5. The lowest BCUT2D eigenvalue weighted by atomic mass is 10.1. The maximum atomic E-state index is 5.61. The molecule has 66 valence electrons. The summed E-state index contributed by atoms with van der Waals surface area (Å²) in [6.45, 7) is 3.23. The van der Waals surface area contributed by atoms with Crippen molar-refractivity contribution in [2.24, 2.45) is 0 Å². The number of nitrogens with zero attached hydrogens (tertiary/aromatic N) is 1. The van der Waals surface area contributed by atoms with Crippen LogP contribution in [0.5, 0.6) is 0 Å². The van der Waals surface area contributed by atoms with Crippen LogP contribution in [0.3, 0.4) is 0 Å². The standard InChI is InChI=1S/C8H16BrNO/c1-10-5-2-8(3-6-10)11-7-4-9/h8H,2-7H2,1H3. The Hall–Kier alpha value is 0.400. The number of hydrogen-bond donors (Lipinski definition) is 0. The summed E-state index contributed by atoms with van der Waals surface area (Å²) >= 11 is 3.35. The molecule has 0 spiro atoms. The molecule has 3 heteroatoms. The third-order valence-electron chi connectivity index (χ3n) is 2.10. The molecule has 0 aromatic heterocycles. The minimum atomic E-state index is 0.517. The van der Waals surface area contributed by atoms with Crippen molar-refractivity contribution in [1.29, 1.82) is 0 Å². The lowest BCUT2D eigenvalue weighted by Crippen LogP contribution is -2.34. The van der Waals surface area contributed by atoms with Crippen molar-refractivity contribution >= 4 is 15.9 Å². The van der Waals surface area contributed by atoms with Crippen molar-refractivity contribution in [3.63, 3.8) is 0 Å². The summed E-state index contributed by atoms with van der Waals surface area (Å²) in [7, 11) is 2.17. The van der Waals surface area contributed by atoms with Crippen molar-refractivity contribution in [3.05, 3.63) is 0 Å². The number of likely N-dealkylation sites (tertiary alicyclic amines) is 1. The van der Waals surface area contributed by atoms with Gasteiger partial charge in [-0.15, -0.1) is 0 Å². The van der Waals surface area contributed by atoms with Gasteiger partial charge in [-0.25, -0.2) is 0 Å². The Morgan fingerprint density at radius 1 is 1.45 bits per heavy atom. The fraction of sp³-hybridized carbons (Fsp3) is 1.00. The molecule has 0 saturated carbocycles. The molecule has 0 bridgehead atoms. The summed E-state index contributed by atoms with van der Waals surface area (Å²) in [5, 5.41) is 0.958. The van der Waals surface area contributed by atoms with Crippen LogP contribution in [0, 0.1) is 0 Å². The van der Waals surface area contributed by atoms with E-state index in [4.69, 9.17) is 4.74 Å². The molecule has 1 aliphatic heterocycles. The lowest BCUT2D eigenvalue weighted by Gasteiger charge is -2.28. The van der Waals surface area contributed by atoms with Crippen LogP contribution in [0.1, 0.15) is 12.8 Å². The molecule has 0 unspecified atom stereocenters. The topological polar surface area (TPSA) is 12.5 Å². The highest BCUT2D eigenvalue weighted by Gasteiger charge is 2.15. The average Bonchev–Trinajstić information content (AvgIpc) is 2.04. The third kappa shape index (κ3) is 3.54. The van der Waals surface area contributed by atoms with Gasteiger partial charge < -0.3 is 9.64 Å². The van der Waals surface area contributed by atoms with Gasteiger partial charge >= 0.3 is 0 Å². The van der Waals surface area contributed by atoms with E-state index in [1.807, 2.05) is 0 Å². The van der Waals surface area contributed by atoms with E-state index in [0.29, 0.717) is 6.10 Å². The SMILES string of the molecule is CN1CCC(OCCBr)CC1. The minimum Gasteiger partial charge on any atom is -0.377 e. The van der Waals surface area contributed by atoms with Crippen molar-refractivity contribution < 1.29 is 4.74 Å². The van der Waals surface area contributed by atoms with Gasteiger partial charge in [0.05, 0.1) is 12.7 Å². The van der Waals surface area contributed by atoms with Gasteiger partial charge in [-0.1, -0.05) is 15.9 Å². The zero-order valence-corrected chi connectivity index (χ0v) is 8.64. The van der Waals surface area contributed by atoms with E-state index < -0.39 is 0 Å². The van der Waals surface area contributed by atoms with E-state index in [1.54, 1.807) is 0 Å². The molecule has 1 saturated heterocycles. The summed E-state index contributed by atoms with van der Waals surface area (Å²) in [5.41, 5.74) is 0. The molecular weight excluding hydrogens is 206 g/mol. The normalized spacial score (nSPS) is 22.4. The molecule has 0 aliphatic carbocycles. The second-order valence-electron chi connectivity index (χ2n) is 3.06. The molecule has 0 amide bonds. The van der Waals surface area contributed by atoms with Crippen molar-refractivity contribution in [2.75, 3.05) is 32.1 Å². The summed E-state index contributed by atoms with van der Waals surface area (Å²) in [4.78, 5) is 2.36. The van der Waals surface area contributed by atoms with Crippen molar-refractivity contribution in [3.8, 4) is 0 Å². The third-order valence-corrected chi connectivity index (χ3v) is 2.42. The van der Waals surface area contributed by atoms with Gasteiger partial charge in [0.25, 0.3) is 0 Å². The maximum absolute atomic E-state index is 5.61. The second-order valence-corrected chi connectivity index (χ2v) is 3.86. The highest BCUT2D eigenvalue weighted by atomic mass is 79.9. The molecule has 1 fully saturated rings. The summed E-state index contributed by atoms with van der Waals surface area (Å²) in [6, 6.07) is 0. The zero-order chi connectivity index (χ0) is 8.10. The average molecular weight is 222 g/mol. The molecule has 1 rings (SSSR count). The minimum absolute atomic E-state index is 0.517. The molecule has 0 aromatic rings. The first-order valence-electron chi connectivity index (χ1n) is 4.19. The van der Waals surface area contributed by atoms with Crippen LogP contribution in [-0.2, 0) is 4.74 Å². The largest absolute Gasteiger partial charge is 0.377 e. The molecule has 11 heavy (non-hydrogen) atoms. The quantitative estimate of drug-likeness (QED) is 0.671. The summed E-state index contributed by atoms with van der Waals surface area (Å²) < 4.78 is 5.61. The molecule has 0 atom stereocenters. The van der Waals surface area contributed by atoms with Crippen LogP contribution in [0.25, 0.3) is 0 Å². The molecule has 1 heterocycles. The van der Waals surface area contributed by atoms with E-state index in [-0.39, 0.29) is 0 Å². The molecule has 0 aromatic carbocycles. The van der Waals surface area contributed by atoms with Crippen LogP contribution in [0.15, 0.2) is 0 Å². The molecule has 0 N–H and O–H groups in total. The number of hydrogen-bond acceptors (Lipinski definition) is 2. The van der Waals surface area contributed by atoms with Gasteiger partial charge in [-0.3, -0.25) is 0 Å². The Morgan fingerprint density at radius 3 is 2.64 bits per heavy atom. The molecular formula is C8H16BrNO. The smallest absolute Gasteiger partial charge is 0.0599 e. The van der Waals surface area contributed by atoms with E-state index in [0.717, 1.165) is 11.9 Å². The second kappa shape index (κ2) is 5.12. The first kappa shape index (κ1) is 9.49. The van der Waals surface area contributed by atoms with E-state index in [1.165, 1.54) is 25.9 Å². The highest BCUT2D eigenvalue weighted by Crippen LogP contribution is 2.11. The number of rotatable bonds is 3. The van der Waals surface area contributed by atoms with Gasteiger partial charge in [0, 0.05) is 18.4 Å². The van der Waals surface area contributed by atoms with Gasteiger partial charge in [0.1, 0.15) is 0 Å². The molecule has 1 aliphatic rings. The monoisotopic (exact) mass is 221 g/mol.